The van der Waals surface area contributed by atoms with Gasteiger partial charge in [-0.1, -0.05) is 0 Å². The SMILES string of the molecule is Cc1cn(C(=O)OC(C)(C)C)c2ncncc12. The third kappa shape index (κ3) is 2.27. The van der Waals surface area contributed by atoms with E-state index in [1.165, 1.54) is 10.9 Å². The lowest BCUT2D eigenvalue weighted by molar-refractivity contribution is 0.0543. The van der Waals surface area contributed by atoms with Crippen molar-refractivity contribution >= 4 is 17.1 Å². The third-order valence-electron chi connectivity index (χ3n) is 2.26. The van der Waals surface area contributed by atoms with E-state index >= 15 is 0 Å². The van der Waals surface area contributed by atoms with Gasteiger partial charge in [0, 0.05) is 17.8 Å². The van der Waals surface area contributed by atoms with Crippen LogP contribution in [0.2, 0.25) is 0 Å². The van der Waals surface area contributed by atoms with Gasteiger partial charge in [0.15, 0.2) is 5.65 Å². The number of aryl methyl sites for hydroxylation is 1. The van der Waals surface area contributed by atoms with E-state index in [-0.39, 0.29) is 0 Å². The second-order valence-corrected chi connectivity index (χ2v) is 4.92. The Bertz CT molecular complexity index is 567. The average Bonchev–Trinajstić information content (AvgIpc) is 2.55. The van der Waals surface area contributed by atoms with E-state index in [4.69, 9.17) is 4.74 Å². The molecule has 0 aliphatic carbocycles. The van der Waals surface area contributed by atoms with Gasteiger partial charge in [0.05, 0.1) is 0 Å². The van der Waals surface area contributed by atoms with Gasteiger partial charge >= 0.3 is 6.09 Å². The van der Waals surface area contributed by atoms with E-state index in [2.05, 4.69) is 9.97 Å². The molecule has 5 nitrogen and oxygen atoms in total. The van der Waals surface area contributed by atoms with Gasteiger partial charge in [0.1, 0.15) is 11.9 Å². The molecule has 0 saturated heterocycles. The Morgan fingerprint density at radius 3 is 2.76 bits per heavy atom. The minimum absolute atomic E-state index is 0.422. The van der Waals surface area contributed by atoms with Gasteiger partial charge in [0.2, 0.25) is 0 Å². The minimum atomic E-state index is -0.519. The highest BCUT2D eigenvalue weighted by Crippen LogP contribution is 2.19. The van der Waals surface area contributed by atoms with Crippen molar-refractivity contribution in [3.8, 4) is 0 Å². The molecule has 2 heterocycles. The monoisotopic (exact) mass is 233 g/mol. The number of carbonyl (C=O) groups is 1. The van der Waals surface area contributed by atoms with Crippen molar-refractivity contribution in [2.75, 3.05) is 0 Å². The zero-order valence-corrected chi connectivity index (χ0v) is 10.4. The molecule has 2 aromatic heterocycles. The summed E-state index contributed by atoms with van der Waals surface area (Å²) in [6.45, 7) is 7.40. The highest BCUT2D eigenvalue weighted by Gasteiger charge is 2.20. The minimum Gasteiger partial charge on any atom is -0.443 e. The number of fused-ring (bicyclic) bond motifs is 1. The largest absolute Gasteiger partial charge is 0.443 e. The van der Waals surface area contributed by atoms with Crippen LogP contribution in [0.15, 0.2) is 18.7 Å². The molecule has 90 valence electrons. The van der Waals surface area contributed by atoms with Crippen LogP contribution in [0.4, 0.5) is 4.79 Å². The summed E-state index contributed by atoms with van der Waals surface area (Å²) in [5.41, 5.74) is 1.01. The molecule has 0 atom stereocenters. The molecule has 0 spiro atoms. The Kier molecular flexibility index (Phi) is 2.61. The molecule has 0 bridgehead atoms. The van der Waals surface area contributed by atoms with Crippen LogP contribution in [-0.2, 0) is 4.74 Å². The predicted octanol–water partition coefficient (Wildman–Crippen LogP) is 2.52. The van der Waals surface area contributed by atoms with E-state index in [9.17, 15) is 4.79 Å². The zero-order valence-electron chi connectivity index (χ0n) is 10.4. The fraction of sp³-hybridized carbons (Fsp3) is 0.417. The van der Waals surface area contributed by atoms with Crippen molar-refractivity contribution in [2.45, 2.75) is 33.3 Å². The summed E-state index contributed by atoms with van der Waals surface area (Å²) >= 11 is 0. The molecular weight excluding hydrogens is 218 g/mol. The molecule has 5 heteroatoms. The molecule has 0 amide bonds. The zero-order chi connectivity index (χ0) is 12.6. The van der Waals surface area contributed by atoms with Crippen LogP contribution < -0.4 is 0 Å². The normalized spacial score (nSPS) is 11.8. The van der Waals surface area contributed by atoms with E-state index in [1.54, 1.807) is 12.4 Å². The first-order valence-corrected chi connectivity index (χ1v) is 5.39. The lowest BCUT2D eigenvalue weighted by Crippen LogP contribution is -2.26. The molecular formula is C12H15N3O2. The Morgan fingerprint density at radius 1 is 1.41 bits per heavy atom. The Balaban J connectivity index is 2.46. The molecule has 0 saturated carbocycles. The van der Waals surface area contributed by atoms with Crippen molar-refractivity contribution in [3.63, 3.8) is 0 Å². The third-order valence-corrected chi connectivity index (χ3v) is 2.26. The van der Waals surface area contributed by atoms with Gasteiger partial charge in [-0.15, -0.1) is 0 Å². The smallest absolute Gasteiger partial charge is 0.420 e. The molecule has 0 unspecified atom stereocenters. The summed E-state index contributed by atoms with van der Waals surface area (Å²) in [6.07, 6.45) is 4.41. The van der Waals surface area contributed by atoms with Crippen molar-refractivity contribution in [3.05, 3.63) is 24.3 Å². The van der Waals surface area contributed by atoms with Crippen LogP contribution in [0, 0.1) is 6.92 Å². The summed E-state index contributed by atoms with van der Waals surface area (Å²) in [6, 6.07) is 0. The van der Waals surface area contributed by atoms with E-state index in [0.717, 1.165) is 10.9 Å². The predicted molar refractivity (Wildman–Crippen MR) is 63.9 cm³/mol. The summed E-state index contributed by atoms with van der Waals surface area (Å²) in [5.74, 6) is 0. The maximum atomic E-state index is 12.0. The van der Waals surface area contributed by atoms with Crippen LogP contribution in [0.1, 0.15) is 26.3 Å². The molecule has 2 aromatic rings. The molecule has 0 aliphatic rings. The Morgan fingerprint density at radius 2 is 2.12 bits per heavy atom. The van der Waals surface area contributed by atoms with E-state index in [0.29, 0.717) is 5.65 Å². The van der Waals surface area contributed by atoms with Crippen molar-refractivity contribution in [2.24, 2.45) is 0 Å². The van der Waals surface area contributed by atoms with Crippen LogP contribution in [-0.4, -0.2) is 26.2 Å². The van der Waals surface area contributed by atoms with E-state index in [1.807, 2.05) is 27.7 Å². The molecule has 2 rings (SSSR count). The molecule has 0 aromatic carbocycles. The van der Waals surface area contributed by atoms with Gasteiger partial charge in [-0.05, 0) is 33.3 Å². The number of hydrogen-bond donors (Lipinski definition) is 0. The Hall–Kier alpha value is -1.91. The molecule has 0 aliphatic heterocycles. The summed E-state index contributed by atoms with van der Waals surface area (Å²) in [5, 5.41) is 0.860. The number of nitrogens with zero attached hydrogens (tertiary/aromatic N) is 3. The number of hydrogen-bond acceptors (Lipinski definition) is 4. The maximum absolute atomic E-state index is 12.0. The van der Waals surface area contributed by atoms with Gasteiger partial charge in [-0.2, -0.15) is 0 Å². The second kappa shape index (κ2) is 3.84. The fourth-order valence-corrected chi connectivity index (χ4v) is 1.57. The summed E-state index contributed by atoms with van der Waals surface area (Å²) in [4.78, 5) is 20.0. The van der Waals surface area contributed by atoms with Crippen LogP contribution in [0.3, 0.4) is 0 Å². The lowest BCUT2D eigenvalue weighted by Gasteiger charge is -2.19. The van der Waals surface area contributed by atoms with Crippen LogP contribution >= 0.6 is 0 Å². The summed E-state index contributed by atoms with van der Waals surface area (Å²) < 4.78 is 6.72. The first kappa shape index (κ1) is 11.6. The van der Waals surface area contributed by atoms with Crippen LogP contribution in [0.5, 0.6) is 0 Å². The average molecular weight is 233 g/mol. The number of aromatic nitrogens is 3. The molecule has 17 heavy (non-hydrogen) atoms. The second-order valence-electron chi connectivity index (χ2n) is 4.92. The maximum Gasteiger partial charge on any atom is 0.420 e. The van der Waals surface area contributed by atoms with Crippen molar-refractivity contribution < 1.29 is 9.53 Å². The van der Waals surface area contributed by atoms with Gasteiger partial charge < -0.3 is 4.74 Å². The van der Waals surface area contributed by atoms with Gasteiger partial charge in [-0.25, -0.2) is 19.3 Å². The Labute approximate surface area is 99.4 Å². The van der Waals surface area contributed by atoms with Gasteiger partial charge in [0.25, 0.3) is 0 Å². The van der Waals surface area contributed by atoms with Crippen LogP contribution in [0.25, 0.3) is 11.0 Å². The first-order valence-electron chi connectivity index (χ1n) is 5.39. The highest BCUT2D eigenvalue weighted by molar-refractivity contribution is 5.88. The topological polar surface area (TPSA) is 57.0 Å². The molecule has 0 N–H and O–H groups in total. The van der Waals surface area contributed by atoms with Crippen molar-refractivity contribution in [1.29, 1.82) is 0 Å². The highest BCUT2D eigenvalue weighted by atomic mass is 16.6. The summed E-state index contributed by atoms with van der Waals surface area (Å²) in [7, 11) is 0. The van der Waals surface area contributed by atoms with Gasteiger partial charge in [-0.3, -0.25) is 0 Å². The lowest BCUT2D eigenvalue weighted by atomic mass is 10.2. The number of rotatable bonds is 0. The number of ether oxygens (including phenoxy) is 1. The van der Waals surface area contributed by atoms with Crippen molar-refractivity contribution in [1.82, 2.24) is 14.5 Å². The standard InChI is InChI=1S/C12H15N3O2/c1-8-6-15(11(16)17-12(2,3)4)10-9(8)5-13-7-14-10/h5-7H,1-4H3. The number of carbonyl (C=O) groups excluding carboxylic acids is 1. The fourth-order valence-electron chi connectivity index (χ4n) is 1.57. The van der Waals surface area contributed by atoms with E-state index < -0.39 is 11.7 Å². The molecule has 0 radical (unpaired) electrons. The molecule has 0 fully saturated rings. The first-order chi connectivity index (χ1) is 7.88. The quantitative estimate of drug-likeness (QED) is 0.701.